The molecule has 0 aliphatic carbocycles. The number of benzene rings is 1. The van der Waals surface area contributed by atoms with Gasteiger partial charge in [-0.3, -0.25) is 19.7 Å². The highest BCUT2D eigenvalue weighted by Crippen LogP contribution is 2.38. The van der Waals surface area contributed by atoms with E-state index in [0.717, 1.165) is 25.7 Å². The number of amides is 1. The van der Waals surface area contributed by atoms with Crippen LogP contribution in [0.5, 0.6) is 0 Å². The molecule has 7 nitrogen and oxygen atoms in total. The van der Waals surface area contributed by atoms with Gasteiger partial charge in [0.15, 0.2) is 11.5 Å². The van der Waals surface area contributed by atoms with Crippen LogP contribution in [0.4, 0.5) is 5.69 Å². The molecule has 0 fully saturated rings. The van der Waals surface area contributed by atoms with Crippen LogP contribution >= 0.6 is 0 Å². The van der Waals surface area contributed by atoms with Crippen LogP contribution < -0.4 is 0 Å². The van der Waals surface area contributed by atoms with E-state index in [1.165, 1.54) is 36.1 Å². The molecular weight excluding hydrogens is 324 g/mol. The maximum atomic E-state index is 12.4. The van der Waals surface area contributed by atoms with Crippen molar-refractivity contribution in [3.63, 3.8) is 0 Å². The van der Waals surface area contributed by atoms with Gasteiger partial charge in [0, 0.05) is 18.7 Å². The molecule has 1 unspecified atom stereocenters. The minimum Gasteiger partial charge on any atom is -0.503 e. The second kappa shape index (κ2) is 7.92. The fourth-order valence-corrected chi connectivity index (χ4v) is 3.08. The number of carbonyl (C=O) groups is 2. The van der Waals surface area contributed by atoms with Gasteiger partial charge in [-0.25, -0.2) is 0 Å². The molecule has 0 bridgehead atoms. The number of ketones is 1. The summed E-state index contributed by atoms with van der Waals surface area (Å²) in [4.78, 5) is 36.2. The summed E-state index contributed by atoms with van der Waals surface area (Å²) in [6, 6.07) is 5.02. The van der Waals surface area contributed by atoms with Crippen molar-refractivity contribution in [1.29, 1.82) is 0 Å². The van der Waals surface area contributed by atoms with Crippen molar-refractivity contribution in [2.24, 2.45) is 0 Å². The molecular formula is C18H22N2O5. The van der Waals surface area contributed by atoms with Gasteiger partial charge in [-0.2, -0.15) is 0 Å². The van der Waals surface area contributed by atoms with Crippen molar-refractivity contribution in [2.45, 2.75) is 45.6 Å². The topological polar surface area (TPSA) is 101 Å². The summed E-state index contributed by atoms with van der Waals surface area (Å²) >= 11 is 0. The number of non-ortho nitro benzene ring substituents is 1. The van der Waals surface area contributed by atoms with Crippen molar-refractivity contribution < 1.29 is 19.6 Å². The SMILES string of the molecule is CCCCCCN1C(=O)C(O)=C(C(C)=O)C1c1ccc([N+](=O)[O-])cc1. The second-order valence-electron chi connectivity index (χ2n) is 6.13. The lowest BCUT2D eigenvalue weighted by molar-refractivity contribution is -0.384. The minimum absolute atomic E-state index is 0.0503. The largest absolute Gasteiger partial charge is 0.503 e. The monoisotopic (exact) mass is 346 g/mol. The van der Waals surface area contributed by atoms with Gasteiger partial charge in [-0.05, 0) is 31.0 Å². The van der Waals surface area contributed by atoms with Crippen LogP contribution in [0, 0.1) is 10.1 Å². The van der Waals surface area contributed by atoms with Crippen molar-refractivity contribution in [2.75, 3.05) is 6.54 Å². The van der Waals surface area contributed by atoms with E-state index in [4.69, 9.17) is 0 Å². The predicted octanol–water partition coefficient (Wildman–Crippen LogP) is 3.46. The zero-order valence-electron chi connectivity index (χ0n) is 14.4. The first-order valence-electron chi connectivity index (χ1n) is 8.37. The third-order valence-corrected chi connectivity index (χ3v) is 4.36. The van der Waals surface area contributed by atoms with Gasteiger partial charge < -0.3 is 10.0 Å². The van der Waals surface area contributed by atoms with Gasteiger partial charge in [0.05, 0.1) is 16.5 Å². The lowest BCUT2D eigenvalue weighted by Crippen LogP contribution is -2.32. The van der Waals surface area contributed by atoms with Crippen LogP contribution in [0.15, 0.2) is 35.6 Å². The Balaban J connectivity index is 2.34. The van der Waals surface area contributed by atoms with E-state index in [2.05, 4.69) is 6.92 Å². The summed E-state index contributed by atoms with van der Waals surface area (Å²) in [6.07, 6.45) is 3.82. The van der Waals surface area contributed by atoms with E-state index in [-0.39, 0.29) is 17.0 Å². The first-order chi connectivity index (χ1) is 11.9. The first-order valence-corrected chi connectivity index (χ1v) is 8.37. The number of nitro benzene ring substituents is 1. The van der Waals surface area contributed by atoms with E-state index in [9.17, 15) is 24.8 Å². The Hall–Kier alpha value is -2.70. The number of unbranched alkanes of at least 4 members (excludes halogenated alkanes) is 3. The standard InChI is InChI=1S/C18H22N2O5/c1-3-4-5-6-11-19-16(15(12(2)21)17(22)18(19)23)13-7-9-14(10-8-13)20(24)25/h7-10,16,22H,3-6,11H2,1-2H3. The molecule has 1 amide bonds. The summed E-state index contributed by atoms with van der Waals surface area (Å²) in [5.74, 6) is -1.47. The van der Waals surface area contributed by atoms with Crippen LogP contribution in [0.3, 0.4) is 0 Å². The molecule has 1 N–H and O–H groups in total. The number of nitrogens with zero attached hydrogens (tertiary/aromatic N) is 2. The van der Waals surface area contributed by atoms with Crippen LogP contribution in [0.2, 0.25) is 0 Å². The van der Waals surface area contributed by atoms with Gasteiger partial charge >= 0.3 is 0 Å². The van der Waals surface area contributed by atoms with Crippen molar-refractivity contribution in [1.82, 2.24) is 4.90 Å². The summed E-state index contributed by atoms with van der Waals surface area (Å²) < 4.78 is 0. The van der Waals surface area contributed by atoms with Crippen LogP contribution in [-0.2, 0) is 9.59 Å². The molecule has 25 heavy (non-hydrogen) atoms. The first kappa shape index (κ1) is 18.6. The maximum absolute atomic E-state index is 12.4. The zero-order chi connectivity index (χ0) is 18.6. The molecule has 0 radical (unpaired) electrons. The number of aliphatic hydroxyl groups excluding tert-OH is 1. The molecule has 1 aromatic carbocycles. The molecule has 0 saturated carbocycles. The second-order valence-corrected chi connectivity index (χ2v) is 6.13. The zero-order valence-corrected chi connectivity index (χ0v) is 14.4. The fourth-order valence-electron chi connectivity index (χ4n) is 3.08. The molecule has 1 atom stereocenters. The van der Waals surface area contributed by atoms with E-state index in [1.54, 1.807) is 0 Å². The number of hydrogen-bond acceptors (Lipinski definition) is 5. The third kappa shape index (κ3) is 3.87. The Morgan fingerprint density at radius 2 is 1.88 bits per heavy atom. The van der Waals surface area contributed by atoms with E-state index in [0.29, 0.717) is 12.1 Å². The molecule has 2 rings (SSSR count). The Bertz CT molecular complexity index is 709. The van der Waals surface area contributed by atoms with Gasteiger partial charge in [-0.15, -0.1) is 0 Å². The van der Waals surface area contributed by atoms with E-state index >= 15 is 0 Å². The smallest absolute Gasteiger partial charge is 0.290 e. The molecule has 134 valence electrons. The molecule has 7 heteroatoms. The summed E-state index contributed by atoms with van der Waals surface area (Å²) in [5.41, 5.74) is 0.554. The van der Waals surface area contributed by atoms with Crippen LogP contribution in [0.25, 0.3) is 0 Å². The van der Waals surface area contributed by atoms with Crippen molar-refractivity contribution in [3.8, 4) is 0 Å². The van der Waals surface area contributed by atoms with Crippen molar-refractivity contribution in [3.05, 3.63) is 51.3 Å². The number of hydrogen-bond donors (Lipinski definition) is 1. The highest BCUT2D eigenvalue weighted by molar-refractivity contribution is 6.08. The molecule has 0 saturated heterocycles. The fraction of sp³-hybridized carbons (Fsp3) is 0.444. The van der Waals surface area contributed by atoms with Gasteiger partial charge in [-0.1, -0.05) is 26.2 Å². The van der Waals surface area contributed by atoms with Crippen LogP contribution in [-0.4, -0.2) is 33.2 Å². The van der Waals surface area contributed by atoms with Gasteiger partial charge in [0.1, 0.15) is 0 Å². The summed E-state index contributed by atoms with van der Waals surface area (Å²) in [5, 5.41) is 20.9. The molecule has 1 aliphatic heterocycles. The highest BCUT2D eigenvalue weighted by Gasteiger charge is 2.42. The predicted molar refractivity (Wildman–Crippen MR) is 92.0 cm³/mol. The van der Waals surface area contributed by atoms with Gasteiger partial charge in [0.25, 0.3) is 11.6 Å². The lowest BCUT2D eigenvalue weighted by Gasteiger charge is -2.26. The average molecular weight is 346 g/mol. The van der Waals surface area contributed by atoms with Crippen molar-refractivity contribution >= 4 is 17.4 Å². The van der Waals surface area contributed by atoms with E-state index in [1.807, 2.05) is 0 Å². The number of Topliss-reactive ketones (excluding diaryl/α,β-unsaturated/α-hetero) is 1. The number of rotatable bonds is 8. The maximum Gasteiger partial charge on any atom is 0.290 e. The molecule has 0 aromatic heterocycles. The molecule has 0 spiro atoms. The Kier molecular flexibility index (Phi) is 5.90. The number of aliphatic hydroxyl groups is 1. The molecule has 1 aromatic rings. The lowest BCUT2D eigenvalue weighted by atomic mass is 9.96. The normalized spacial score (nSPS) is 17.3. The number of nitro groups is 1. The Labute approximate surface area is 146 Å². The quantitative estimate of drug-likeness (QED) is 0.441. The summed E-state index contributed by atoms with van der Waals surface area (Å²) in [6.45, 7) is 3.81. The number of carbonyl (C=O) groups excluding carboxylic acids is 2. The minimum atomic E-state index is -0.701. The molecule has 1 aliphatic rings. The molecule has 1 heterocycles. The Morgan fingerprint density at radius 3 is 2.40 bits per heavy atom. The highest BCUT2D eigenvalue weighted by atomic mass is 16.6. The average Bonchev–Trinajstić information content (AvgIpc) is 2.83. The van der Waals surface area contributed by atoms with E-state index < -0.39 is 22.6 Å². The van der Waals surface area contributed by atoms with Crippen LogP contribution in [0.1, 0.15) is 51.1 Å². The third-order valence-electron chi connectivity index (χ3n) is 4.36. The van der Waals surface area contributed by atoms with Gasteiger partial charge in [0.2, 0.25) is 0 Å². The Morgan fingerprint density at radius 1 is 1.24 bits per heavy atom. The summed E-state index contributed by atoms with van der Waals surface area (Å²) in [7, 11) is 0.